The predicted octanol–water partition coefficient (Wildman–Crippen LogP) is 6.03. The average molecular weight is 505 g/mol. The first-order chi connectivity index (χ1) is 18.5. The molecule has 1 amide bonds. The van der Waals surface area contributed by atoms with E-state index in [4.69, 9.17) is 0 Å². The van der Waals surface area contributed by atoms with Gasteiger partial charge in [0.1, 0.15) is 17.3 Å². The number of phenolic OH excluding ortho intramolecular Hbond substituents is 1. The number of hydrogen-bond donors (Lipinski definition) is 4. The molecule has 4 heterocycles. The number of aromatic nitrogens is 5. The Balaban J connectivity index is 1.29. The van der Waals surface area contributed by atoms with Crippen molar-refractivity contribution < 1.29 is 14.3 Å². The van der Waals surface area contributed by atoms with Gasteiger partial charge in [-0.3, -0.25) is 19.9 Å². The fourth-order valence-electron chi connectivity index (χ4n) is 4.78. The molecule has 1 saturated carbocycles. The normalized spacial score (nSPS) is 13.3. The second kappa shape index (κ2) is 8.52. The van der Waals surface area contributed by atoms with Gasteiger partial charge in [0.2, 0.25) is 5.91 Å². The zero-order valence-electron chi connectivity index (χ0n) is 20.0. The Labute approximate surface area is 215 Å². The molecule has 0 unspecified atom stereocenters. The van der Waals surface area contributed by atoms with E-state index < -0.39 is 5.82 Å². The fourth-order valence-corrected chi connectivity index (χ4v) is 4.78. The summed E-state index contributed by atoms with van der Waals surface area (Å²) >= 11 is 0. The topological polar surface area (TPSA) is 120 Å². The van der Waals surface area contributed by atoms with Crippen LogP contribution < -0.4 is 5.32 Å². The van der Waals surface area contributed by atoms with E-state index >= 15 is 0 Å². The van der Waals surface area contributed by atoms with Crippen LogP contribution in [0.4, 0.5) is 10.1 Å². The van der Waals surface area contributed by atoms with Gasteiger partial charge in [-0.25, -0.2) is 4.39 Å². The SMILES string of the molecule is O=C(Nc1cncc(-c2ccc3[nH]nc(-c4cc5c(-c6cc(O)cc(F)c6)nccc5[nH]4)c3c2)c1)C1CC1. The maximum absolute atomic E-state index is 14.0. The summed E-state index contributed by atoms with van der Waals surface area (Å²) in [6, 6.07) is 15.6. The highest BCUT2D eigenvalue weighted by molar-refractivity contribution is 6.01. The highest BCUT2D eigenvalue weighted by Crippen LogP contribution is 2.36. The summed E-state index contributed by atoms with van der Waals surface area (Å²) in [6.07, 6.45) is 6.94. The lowest BCUT2D eigenvalue weighted by Gasteiger charge is -2.07. The molecule has 0 aliphatic heterocycles. The van der Waals surface area contributed by atoms with Crippen LogP contribution in [0.25, 0.3) is 55.6 Å². The smallest absolute Gasteiger partial charge is 0.227 e. The van der Waals surface area contributed by atoms with E-state index in [1.54, 1.807) is 18.6 Å². The maximum atomic E-state index is 14.0. The van der Waals surface area contributed by atoms with Crippen LogP contribution in [0.1, 0.15) is 12.8 Å². The summed E-state index contributed by atoms with van der Waals surface area (Å²) in [5.41, 5.74) is 6.67. The Hall–Kier alpha value is -5.05. The van der Waals surface area contributed by atoms with Crippen molar-refractivity contribution in [2.45, 2.75) is 12.8 Å². The number of aromatic hydroxyl groups is 1. The zero-order chi connectivity index (χ0) is 25.8. The molecule has 1 aliphatic carbocycles. The number of pyridine rings is 2. The molecular formula is C29H21FN6O2. The van der Waals surface area contributed by atoms with Crippen LogP contribution in [0, 0.1) is 11.7 Å². The van der Waals surface area contributed by atoms with Gasteiger partial charge in [0.25, 0.3) is 0 Å². The van der Waals surface area contributed by atoms with Gasteiger partial charge < -0.3 is 15.4 Å². The van der Waals surface area contributed by atoms with Crippen molar-refractivity contribution in [1.82, 2.24) is 25.1 Å². The monoisotopic (exact) mass is 504 g/mol. The Morgan fingerprint density at radius 2 is 1.79 bits per heavy atom. The third-order valence-corrected chi connectivity index (χ3v) is 6.81. The summed E-state index contributed by atoms with van der Waals surface area (Å²) in [5.74, 6) is -0.545. The lowest BCUT2D eigenvalue weighted by Crippen LogP contribution is -2.13. The lowest BCUT2D eigenvalue weighted by molar-refractivity contribution is -0.117. The number of carbonyl (C=O) groups is 1. The molecule has 0 spiro atoms. The number of rotatable bonds is 5. The minimum absolute atomic E-state index is 0.0395. The van der Waals surface area contributed by atoms with Crippen molar-refractivity contribution in [3.05, 3.63) is 79.0 Å². The largest absolute Gasteiger partial charge is 0.508 e. The lowest BCUT2D eigenvalue weighted by atomic mass is 10.0. The molecule has 6 aromatic rings. The molecular weight excluding hydrogens is 483 g/mol. The van der Waals surface area contributed by atoms with Gasteiger partial charge in [0.15, 0.2) is 0 Å². The maximum Gasteiger partial charge on any atom is 0.227 e. The van der Waals surface area contributed by atoms with Gasteiger partial charge in [0.05, 0.1) is 28.8 Å². The molecule has 2 aromatic carbocycles. The molecule has 38 heavy (non-hydrogen) atoms. The van der Waals surface area contributed by atoms with E-state index in [1.807, 2.05) is 36.4 Å². The van der Waals surface area contributed by atoms with Crippen molar-refractivity contribution in [2.75, 3.05) is 5.32 Å². The number of nitrogens with one attached hydrogen (secondary N) is 3. The molecule has 0 radical (unpaired) electrons. The quantitative estimate of drug-likeness (QED) is 0.229. The standard InChI is InChI=1S/C29H21FN6O2/c30-19-7-17(9-21(37)11-19)27-23-12-26(34-24(23)5-6-32-27)28-22-10-16(3-4-25(22)35-36-28)18-8-20(14-31-13-18)33-29(38)15-1-2-15/h3-15,34,37H,1-2H2,(H,33,38)(H,35,36). The number of aromatic amines is 2. The van der Waals surface area contributed by atoms with Gasteiger partial charge >= 0.3 is 0 Å². The predicted molar refractivity (Wildman–Crippen MR) is 143 cm³/mol. The molecule has 0 bridgehead atoms. The summed E-state index contributed by atoms with van der Waals surface area (Å²) in [5, 5.41) is 22.2. The number of carbonyl (C=O) groups excluding carboxylic acids is 1. The second-order valence-electron chi connectivity index (χ2n) is 9.56. The number of anilines is 1. The summed E-state index contributed by atoms with van der Waals surface area (Å²) < 4.78 is 14.0. The van der Waals surface area contributed by atoms with Crippen LogP contribution in [0.15, 0.2) is 73.2 Å². The Bertz CT molecular complexity index is 1850. The number of phenols is 1. The Kier molecular flexibility index (Phi) is 4.97. The third-order valence-electron chi connectivity index (χ3n) is 6.81. The molecule has 7 rings (SSSR count). The highest BCUT2D eigenvalue weighted by Gasteiger charge is 2.29. The van der Waals surface area contributed by atoms with E-state index in [1.165, 1.54) is 12.1 Å². The van der Waals surface area contributed by atoms with Crippen molar-refractivity contribution in [3.63, 3.8) is 0 Å². The summed E-state index contributed by atoms with van der Waals surface area (Å²) in [6.45, 7) is 0. The molecule has 4 N–H and O–H groups in total. The number of hydrogen-bond acceptors (Lipinski definition) is 5. The summed E-state index contributed by atoms with van der Waals surface area (Å²) in [4.78, 5) is 24.4. The van der Waals surface area contributed by atoms with E-state index in [2.05, 4.69) is 30.5 Å². The van der Waals surface area contributed by atoms with E-state index in [0.717, 1.165) is 63.2 Å². The van der Waals surface area contributed by atoms with Crippen LogP contribution in [0.2, 0.25) is 0 Å². The van der Waals surface area contributed by atoms with E-state index in [-0.39, 0.29) is 17.6 Å². The first-order valence-electron chi connectivity index (χ1n) is 12.2. The molecule has 8 nitrogen and oxygen atoms in total. The van der Waals surface area contributed by atoms with E-state index in [0.29, 0.717) is 16.9 Å². The fraction of sp³-hybridized carbons (Fsp3) is 0.103. The minimum atomic E-state index is -0.536. The number of amides is 1. The van der Waals surface area contributed by atoms with Crippen molar-refractivity contribution in [2.24, 2.45) is 5.92 Å². The number of H-pyrrole nitrogens is 2. The number of benzene rings is 2. The van der Waals surface area contributed by atoms with Crippen LogP contribution in [-0.2, 0) is 4.79 Å². The van der Waals surface area contributed by atoms with Crippen LogP contribution in [0.5, 0.6) is 5.75 Å². The molecule has 1 aliphatic rings. The highest BCUT2D eigenvalue weighted by atomic mass is 19.1. The van der Waals surface area contributed by atoms with Crippen LogP contribution in [0.3, 0.4) is 0 Å². The number of nitrogens with zero attached hydrogens (tertiary/aromatic N) is 3. The van der Waals surface area contributed by atoms with Crippen molar-refractivity contribution in [1.29, 1.82) is 0 Å². The molecule has 4 aromatic heterocycles. The van der Waals surface area contributed by atoms with Gasteiger partial charge in [0, 0.05) is 51.8 Å². The van der Waals surface area contributed by atoms with Gasteiger partial charge in [-0.15, -0.1) is 0 Å². The van der Waals surface area contributed by atoms with Gasteiger partial charge in [-0.2, -0.15) is 5.10 Å². The number of fused-ring (bicyclic) bond motifs is 2. The summed E-state index contributed by atoms with van der Waals surface area (Å²) in [7, 11) is 0. The molecule has 1 fully saturated rings. The van der Waals surface area contributed by atoms with Crippen molar-refractivity contribution in [3.8, 4) is 39.5 Å². The molecule has 9 heteroatoms. The Morgan fingerprint density at radius 1 is 0.921 bits per heavy atom. The average Bonchev–Trinajstić information content (AvgIpc) is 3.54. The minimum Gasteiger partial charge on any atom is -0.508 e. The first-order valence-corrected chi connectivity index (χ1v) is 12.2. The third kappa shape index (κ3) is 3.94. The number of halogens is 1. The van der Waals surface area contributed by atoms with Gasteiger partial charge in [-0.05, 0) is 60.9 Å². The van der Waals surface area contributed by atoms with Crippen LogP contribution >= 0.6 is 0 Å². The van der Waals surface area contributed by atoms with Gasteiger partial charge in [-0.1, -0.05) is 6.07 Å². The first kappa shape index (κ1) is 22.2. The molecule has 0 atom stereocenters. The van der Waals surface area contributed by atoms with Crippen LogP contribution in [-0.4, -0.2) is 36.2 Å². The Morgan fingerprint density at radius 3 is 2.63 bits per heavy atom. The molecule has 186 valence electrons. The van der Waals surface area contributed by atoms with Crippen molar-refractivity contribution >= 4 is 33.4 Å². The molecule has 0 saturated heterocycles. The zero-order valence-corrected chi connectivity index (χ0v) is 20.0. The van der Waals surface area contributed by atoms with E-state index in [9.17, 15) is 14.3 Å². The second-order valence-corrected chi connectivity index (χ2v) is 9.56.